The van der Waals surface area contributed by atoms with E-state index in [9.17, 15) is 10.1 Å². The number of hydrogen-bond acceptors (Lipinski definition) is 4. The number of likely N-dealkylation sites (tertiary alicyclic amines) is 1. The third kappa shape index (κ3) is 4.09. The molecule has 1 aromatic rings. The summed E-state index contributed by atoms with van der Waals surface area (Å²) in [6.07, 6.45) is 5.12. The lowest BCUT2D eigenvalue weighted by molar-refractivity contribution is -0.385. The first kappa shape index (κ1) is 16.4. The highest BCUT2D eigenvalue weighted by Crippen LogP contribution is 2.30. The van der Waals surface area contributed by atoms with Crippen LogP contribution >= 0.6 is 0 Å². The molecule has 23 heavy (non-hydrogen) atoms. The Kier molecular flexibility index (Phi) is 4.97. The first-order valence-corrected chi connectivity index (χ1v) is 8.79. The molecular formula is C18H27N3O2. The second-order valence-corrected chi connectivity index (χ2v) is 7.23. The Hall–Kier alpha value is -1.46. The predicted octanol–water partition coefficient (Wildman–Crippen LogP) is 3.43. The highest BCUT2D eigenvalue weighted by atomic mass is 16.6. The molecule has 1 saturated carbocycles. The molecule has 1 N–H and O–H groups in total. The summed E-state index contributed by atoms with van der Waals surface area (Å²) in [6.45, 7) is 7.08. The average molecular weight is 317 g/mol. The molecule has 5 nitrogen and oxygen atoms in total. The van der Waals surface area contributed by atoms with Gasteiger partial charge in [0.25, 0.3) is 5.69 Å². The van der Waals surface area contributed by atoms with Crippen LogP contribution in [0.4, 0.5) is 5.69 Å². The fraction of sp³-hybridized carbons (Fsp3) is 0.667. The van der Waals surface area contributed by atoms with Crippen LogP contribution in [0.15, 0.2) is 18.2 Å². The summed E-state index contributed by atoms with van der Waals surface area (Å²) in [5.41, 5.74) is 2.07. The summed E-state index contributed by atoms with van der Waals surface area (Å²) in [5.74, 6) is 0.171. The molecule has 0 atom stereocenters. The van der Waals surface area contributed by atoms with Gasteiger partial charge in [0.05, 0.1) is 4.92 Å². The second-order valence-electron chi connectivity index (χ2n) is 7.23. The van der Waals surface area contributed by atoms with E-state index in [2.05, 4.69) is 10.2 Å². The minimum atomic E-state index is -0.257. The molecule has 1 aromatic carbocycles. The van der Waals surface area contributed by atoms with Crippen LogP contribution in [-0.2, 0) is 6.54 Å². The van der Waals surface area contributed by atoms with Gasteiger partial charge in [-0.1, -0.05) is 26.0 Å². The number of piperidine rings is 1. The normalized spacial score (nSPS) is 20.1. The summed E-state index contributed by atoms with van der Waals surface area (Å²) >= 11 is 0. The number of benzene rings is 1. The van der Waals surface area contributed by atoms with Gasteiger partial charge in [0, 0.05) is 30.3 Å². The molecule has 0 bridgehead atoms. The van der Waals surface area contributed by atoms with Gasteiger partial charge in [-0.15, -0.1) is 0 Å². The highest BCUT2D eigenvalue weighted by Gasteiger charge is 2.31. The standard InChI is InChI=1S/C18H27N3O2/c1-13(2)17-6-3-14(11-18(17)21(22)23)12-19-15-7-9-20(10-8-15)16-4-5-16/h3,6,11,13,15-16,19H,4-5,7-10,12H2,1-2H3. The van der Waals surface area contributed by atoms with Crippen LogP contribution in [0.1, 0.15) is 56.6 Å². The zero-order valence-corrected chi connectivity index (χ0v) is 14.1. The van der Waals surface area contributed by atoms with Gasteiger partial charge in [-0.25, -0.2) is 0 Å². The molecular weight excluding hydrogens is 290 g/mol. The van der Waals surface area contributed by atoms with Gasteiger partial charge in [0.2, 0.25) is 0 Å². The van der Waals surface area contributed by atoms with Gasteiger partial charge in [-0.2, -0.15) is 0 Å². The van der Waals surface area contributed by atoms with Crippen molar-refractivity contribution in [1.29, 1.82) is 0 Å². The molecule has 0 spiro atoms. The zero-order chi connectivity index (χ0) is 16.4. The van der Waals surface area contributed by atoms with Gasteiger partial charge in [0.1, 0.15) is 0 Å². The number of rotatable bonds is 6. The molecule has 1 heterocycles. The van der Waals surface area contributed by atoms with Crippen LogP contribution in [-0.4, -0.2) is 35.0 Å². The lowest BCUT2D eigenvalue weighted by Crippen LogP contribution is -2.43. The molecule has 5 heteroatoms. The molecule has 0 unspecified atom stereocenters. The van der Waals surface area contributed by atoms with E-state index in [1.54, 1.807) is 6.07 Å². The average Bonchev–Trinajstić information content (AvgIpc) is 3.38. The van der Waals surface area contributed by atoms with Crippen molar-refractivity contribution in [2.45, 2.75) is 64.1 Å². The van der Waals surface area contributed by atoms with Crippen LogP contribution in [0.3, 0.4) is 0 Å². The van der Waals surface area contributed by atoms with Crippen LogP contribution < -0.4 is 5.32 Å². The molecule has 2 aliphatic rings. The maximum Gasteiger partial charge on any atom is 0.273 e. The lowest BCUT2D eigenvalue weighted by atomic mass is 9.99. The zero-order valence-electron chi connectivity index (χ0n) is 14.1. The largest absolute Gasteiger partial charge is 0.310 e. The van der Waals surface area contributed by atoms with Crippen molar-refractivity contribution in [2.75, 3.05) is 13.1 Å². The first-order valence-electron chi connectivity index (χ1n) is 8.79. The van der Waals surface area contributed by atoms with Gasteiger partial charge in [-0.3, -0.25) is 10.1 Å². The number of nitrogens with zero attached hydrogens (tertiary/aromatic N) is 2. The Bertz CT molecular complexity index is 561. The quantitative estimate of drug-likeness (QED) is 0.645. The van der Waals surface area contributed by atoms with Crippen molar-refractivity contribution >= 4 is 5.69 Å². The predicted molar refractivity (Wildman–Crippen MR) is 91.6 cm³/mol. The fourth-order valence-electron chi connectivity index (χ4n) is 3.52. The molecule has 126 valence electrons. The monoisotopic (exact) mass is 317 g/mol. The van der Waals surface area contributed by atoms with E-state index in [0.29, 0.717) is 12.6 Å². The van der Waals surface area contributed by atoms with E-state index >= 15 is 0 Å². The summed E-state index contributed by atoms with van der Waals surface area (Å²) in [5, 5.41) is 14.9. The molecule has 0 amide bonds. The van der Waals surface area contributed by atoms with E-state index in [1.807, 2.05) is 26.0 Å². The van der Waals surface area contributed by atoms with Crippen molar-refractivity contribution in [3.63, 3.8) is 0 Å². The lowest BCUT2D eigenvalue weighted by Gasteiger charge is -2.32. The van der Waals surface area contributed by atoms with Crippen molar-refractivity contribution in [3.05, 3.63) is 39.4 Å². The summed E-state index contributed by atoms with van der Waals surface area (Å²) in [7, 11) is 0. The second kappa shape index (κ2) is 6.97. The molecule has 1 aliphatic carbocycles. The van der Waals surface area contributed by atoms with Crippen LogP contribution in [0.2, 0.25) is 0 Å². The van der Waals surface area contributed by atoms with E-state index in [1.165, 1.54) is 38.8 Å². The van der Waals surface area contributed by atoms with Crippen molar-refractivity contribution in [3.8, 4) is 0 Å². The molecule has 2 fully saturated rings. The third-order valence-corrected chi connectivity index (χ3v) is 5.10. The van der Waals surface area contributed by atoms with Gasteiger partial charge in [-0.05, 0) is 50.3 Å². The molecule has 1 aliphatic heterocycles. The number of nitro benzene ring substituents is 1. The van der Waals surface area contributed by atoms with Gasteiger partial charge >= 0.3 is 0 Å². The molecule has 0 radical (unpaired) electrons. The van der Waals surface area contributed by atoms with Crippen molar-refractivity contribution < 1.29 is 4.92 Å². The minimum Gasteiger partial charge on any atom is -0.310 e. The van der Waals surface area contributed by atoms with Gasteiger partial charge < -0.3 is 10.2 Å². The summed E-state index contributed by atoms with van der Waals surface area (Å²) < 4.78 is 0. The SMILES string of the molecule is CC(C)c1ccc(CNC2CCN(C3CC3)CC2)cc1[N+](=O)[O-]. The van der Waals surface area contributed by atoms with Gasteiger partial charge in [0.15, 0.2) is 0 Å². The maximum atomic E-state index is 11.3. The fourth-order valence-corrected chi connectivity index (χ4v) is 3.52. The minimum absolute atomic E-state index is 0.171. The van der Waals surface area contributed by atoms with Crippen LogP contribution in [0.25, 0.3) is 0 Å². The van der Waals surface area contributed by atoms with E-state index in [4.69, 9.17) is 0 Å². The number of nitrogens with one attached hydrogen (secondary N) is 1. The van der Waals surface area contributed by atoms with E-state index in [-0.39, 0.29) is 16.5 Å². The Morgan fingerprint density at radius 2 is 1.96 bits per heavy atom. The Morgan fingerprint density at radius 3 is 2.52 bits per heavy atom. The smallest absolute Gasteiger partial charge is 0.273 e. The topological polar surface area (TPSA) is 58.4 Å². The van der Waals surface area contributed by atoms with E-state index in [0.717, 1.165) is 17.2 Å². The molecule has 1 saturated heterocycles. The molecule has 3 rings (SSSR count). The third-order valence-electron chi connectivity index (χ3n) is 5.10. The Morgan fingerprint density at radius 1 is 1.26 bits per heavy atom. The Balaban J connectivity index is 1.55. The van der Waals surface area contributed by atoms with Crippen LogP contribution in [0, 0.1) is 10.1 Å². The summed E-state index contributed by atoms with van der Waals surface area (Å²) in [6, 6.07) is 7.07. The van der Waals surface area contributed by atoms with E-state index < -0.39 is 0 Å². The van der Waals surface area contributed by atoms with Crippen molar-refractivity contribution in [2.24, 2.45) is 0 Å². The molecule has 0 aromatic heterocycles. The maximum absolute atomic E-state index is 11.3. The summed E-state index contributed by atoms with van der Waals surface area (Å²) in [4.78, 5) is 13.6. The highest BCUT2D eigenvalue weighted by molar-refractivity contribution is 5.45. The van der Waals surface area contributed by atoms with Crippen LogP contribution in [0.5, 0.6) is 0 Å². The Labute approximate surface area is 138 Å². The first-order chi connectivity index (χ1) is 11.0. The number of nitro groups is 1. The van der Waals surface area contributed by atoms with Crippen molar-refractivity contribution in [1.82, 2.24) is 10.2 Å². The number of hydrogen-bond donors (Lipinski definition) is 1.